The molecule has 0 saturated heterocycles. The van der Waals surface area contributed by atoms with Crippen LogP contribution in [0.2, 0.25) is 0 Å². The van der Waals surface area contributed by atoms with Gasteiger partial charge < -0.3 is 39.6 Å². The number of ether oxygens (including phenoxy) is 4. The number of phenols is 3. The van der Waals surface area contributed by atoms with Crippen molar-refractivity contribution in [2.24, 2.45) is 0 Å². The molecule has 9 heteroatoms. The molecule has 0 radical (unpaired) electrons. The van der Waals surface area contributed by atoms with Crippen LogP contribution in [0.4, 0.5) is 0 Å². The van der Waals surface area contributed by atoms with Crippen LogP contribution in [0.3, 0.4) is 0 Å². The van der Waals surface area contributed by atoms with Crippen LogP contribution in [0.15, 0.2) is 48.5 Å². The van der Waals surface area contributed by atoms with Crippen LogP contribution in [-0.4, -0.2) is 48.1 Å². The molecule has 0 saturated carbocycles. The summed E-state index contributed by atoms with van der Waals surface area (Å²) in [6.45, 7) is 2.45. The molecule has 0 aromatic heterocycles. The molecule has 1 aliphatic rings. The molecule has 3 aromatic rings. The predicted octanol–water partition coefficient (Wildman–Crippen LogP) is 8.30. The van der Waals surface area contributed by atoms with E-state index in [1.165, 1.54) is 65.2 Å². The molecule has 1 heterocycles. The highest BCUT2D eigenvalue weighted by atomic mass is 16.6. The largest absolute Gasteiger partial charge is 0.508 e. The van der Waals surface area contributed by atoms with Gasteiger partial charge in [0.25, 0.3) is 0 Å². The maximum atomic E-state index is 12.8. The number of rotatable bonds is 18. The van der Waals surface area contributed by atoms with Gasteiger partial charge in [-0.2, -0.15) is 0 Å². The van der Waals surface area contributed by atoms with Crippen LogP contribution >= 0.6 is 0 Å². The summed E-state index contributed by atoms with van der Waals surface area (Å²) >= 11 is 0. The van der Waals surface area contributed by atoms with Crippen molar-refractivity contribution in [1.82, 2.24) is 5.32 Å². The van der Waals surface area contributed by atoms with Gasteiger partial charge in [0.1, 0.15) is 11.5 Å². The molecule has 254 valence electrons. The molecule has 4 rings (SSSR count). The Morgan fingerprint density at radius 3 is 1.96 bits per heavy atom. The number of methoxy groups -OCH3 is 2. The molecule has 2 atom stereocenters. The third kappa shape index (κ3) is 10.5. The Hall–Kier alpha value is -4.53. The normalized spacial score (nSPS) is 15.5. The molecule has 9 nitrogen and oxygen atoms in total. The summed E-state index contributed by atoms with van der Waals surface area (Å²) < 4.78 is 23.7. The molecule has 0 fully saturated rings. The van der Waals surface area contributed by atoms with Crippen LogP contribution < -0.4 is 24.3 Å². The molecule has 4 N–H and O–H groups in total. The quantitative estimate of drug-likeness (QED) is 0.0802. The fourth-order valence-electron chi connectivity index (χ4n) is 5.75. The summed E-state index contributed by atoms with van der Waals surface area (Å²) in [5.41, 5.74) is 2.08. The number of aromatic hydroxyl groups is 3. The van der Waals surface area contributed by atoms with E-state index in [0.717, 1.165) is 24.8 Å². The van der Waals surface area contributed by atoms with Gasteiger partial charge in [0.05, 0.1) is 20.8 Å². The van der Waals surface area contributed by atoms with E-state index in [4.69, 9.17) is 18.9 Å². The van der Waals surface area contributed by atoms with Crippen molar-refractivity contribution in [2.75, 3.05) is 20.8 Å². The van der Waals surface area contributed by atoms with E-state index in [2.05, 4.69) is 12.2 Å². The molecule has 0 aliphatic carbocycles. The third-order valence-corrected chi connectivity index (χ3v) is 8.32. The van der Waals surface area contributed by atoms with Gasteiger partial charge in [-0.15, -0.1) is 0 Å². The van der Waals surface area contributed by atoms with E-state index < -0.39 is 12.2 Å². The number of nitrogens with one attached hydrogen (secondary N) is 1. The molecule has 47 heavy (non-hydrogen) atoms. The highest BCUT2D eigenvalue weighted by Crippen LogP contribution is 2.44. The maximum absolute atomic E-state index is 12.8. The Bertz CT molecular complexity index is 1440. The van der Waals surface area contributed by atoms with E-state index in [1.807, 2.05) is 24.3 Å². The van der Waals surface area contributed by atoms with Gasteiger partial charge in [0.15, 0.2) is 35.2 Å². The Balaban J connectivity index is 1.42. The second-order valence-electron chi connectivity index (χ2n) is 12.0. The van der Waals surface area contributed by atoms with Gasteiger partial charge in [-0.1, -0.05) is 82.9 Å². The SMILES string of the molecule is CCCCCCCCCCCCC(=O)NC[C@@H]1Oc2ccc(/C=C/c3cc(O)cc(O)c3)cc2O[C@H]1c1cc(OC)c(O)c(OC)c1. The number of benzene rings is 3. The van der Waals surface area contributed by atoms with Crippen molar-refractivity contribution in [1.29, 1.82) is 0 Å². The minimum Gasteiger partial charge on any atom is -0.508 e. The molecule has 1 aliphatic heterocycles. The number of amides is 1. The third-order valence-electron chi connectivity index (χ3n) is 8.32. The van der Waals surface area contributed by atoms with Crippen molar-refractivity contribution >= 4 is 18.1 Å². The summed E-state index contributed by atoms with van der Waals surface area (Å²) in [4.78, 5) is 12.8. The summed E-state index contributed by atoms with van der Waals surface area (Å²) in [6, 6.07) is 13.2. The van der Waals surface area contributed by atoms with Crippen LogP contribution in [0.1, 0.15) is 100 Å². The molecular formula is C38H49NO8. The Labute approximate surface area is 278 Å². The number of phenolic OH excluding ortho intramolecular Hbond substituents is 3. The molecule has 1 amide bonds. The average Bonchev–Trinajstić information content (AvgIpc) is 3.06. The molecule has 0 unspecified atom stereocenters. The van der Waals surface area contributed by atoms with E-state index in [1.54, 1.807) is 30.3 Å². The van der Waals surface area contributed by atoms with Gasteiger partial charge >= 0.3 is 0 Å². The van der Waals surface area contributed by atoms with Gasteiger partial charge in [-0.25, -0.2) is 0 Å². The number of carbonyl (C=O) groups excluding carboxylic acids is 1. The second-order valence-corrected chi connectivity index (χ2v) is 12.0. The standard InChI is InChI=1S/C38H49NO8/c1-4-5-6-7-8-9-10-11-12-13-14-36(42)39-25-35-38(28-22-33(44-2)37(43)34(23-28)45-3)47-32-21-26(17-18-31(32)46-35)15-16-27-19-29(40)24-30(41)20-27/h15-24,35,38,40-41,43H,4-14,25H2,1-3H3,(H,39,42)/b16-15+/t35-,38-/m0/s1. The van der Waals surface area contributed by atoms with E-state index in [-0.39, 0.29) is 41.2 Å². The lowest BCUT2D eigenvalue weighted by molar-refractivity contribution is -0.122. The van der Waals surface area contributed by atoms with E-state index in [9.17, 15) is 20.1 Å². The first-order valence-electron chi connectivity index (χ1n) is 16.7. The maximum Gasteiger partial charge on any atom is 0.220 e. The van der Waals surface area contributed by atoms with Crippen LogP contribution in [0.5, 0.6) is 40.2 Å². The molecule has 3 aromatic carbocycles. The van der Waals surface area contributed by atoms with Crippen LogP contribution in [0.25, 0.3) is 12.2 Å². The topological polar surface area (TPSA) is 127 Å². The zero-order valence-electron chi connectivity index (χ0n) is 27.8. The van der Waals surface area contributed by atoms with Gasteiger partial charge in [-0.05, 0) is 53.9 Å². The van der Waals surface area contributed by atoms with E-state index in [0.29, 0.717) is 29.0 Å². The Morgan fingerprint density at radius 2 is 1.34 bits per heavy atom. The number of unbranched alkanes of at least 4 members (excludes halogenated alkanes) is 9. The lowest BCUT2D eigenvalue weighted by Gasteiger charge is -2.35. The van der Waals surface area contributed by atoms with Gasteiger partial charge in [0.2, 0.25) is 11.7 Å². The van der Waals surface area contributed by atoms with Crippen molar-refractivity contribution in [3.05, 3.63) is 65.2 Å². The number of fused-ring (bicyclic) bond motifs is 1. The zero-order chi connectivity index (χ0) is 33.6. The highest BCUT2D eigenvalue weighted by molar-refractivity contribution is 5.76. The Kier molecular flexibility index (Phi) is 13.5. The fraction of sp³-hybridized carbons (Fsp3) is 0.447. The monoisotopic (exact) mass is 647 g/mol. The first-order valence-corrected chi connectivity index (χ1v) is 16.7. The predicted molar refractivity (Wildman–Crippen MR) is 184 cm³/mol. The number of hydrogen-bond donors (Lipinski definition) is 4. The summed E-state index contributed by atoms with van der Waals surface area (Å²) in [5.74, 6) is 1.26. The fourth-order valence-corrected chi connectivity index (χ4v) is 5.75. The molecule has 0 spiro atoms. The van der Waals surface area contributed by atoms with Crippen LogP contribution in [-0.2, 0) is 4.79 Å². The minimum absolute atomic E-state index is 0.0305. The molecular weight excluding hydrogens is 598 g/mol. The van der Waals surface area contributed by atoms with Crippen molar-refractivity contribution in [3.8, 4) is 40.2 Å². The summed E-state index contributed by atoms with van der Waals surface area (Å²) in [6.07, 6.45) is 14.9. The smallest absolute Gasteiger partial charge is 0.220 e. The van der Waals surface area contributed by atoms with Crippen molar-refractivity contribution in [2.45, 2.75) is 89.8 Å². The number of hydrogen-bond acceptors (Lipinski definition) is 8. The summed E-state index contributed by atoms with van der Waals surface area (Å²) in [5, 5.41) is 33.1. The number of carbonyl (C=O) groups is 1. The lowest BCUT2D eigenvalue weighted by Crippen LogP contribution is -2.42. The Morgan fingerprint density at radius 1 is 0.745 bits per heavy atom. The first kappa shape index (κ1) is 35.3. The van der Waals surface area contributed by atoms with Crippen LogP contribution in [0, 0.1) is 0 Å². The first-order chi connectivity index (χ1) is 22.8. The molecule has 0 bridgehead atoms. The highest BCUT2D eigenvalue weighted by Gasteiger charge is 2.35. The second kappa shape index (κ2) is 18.0. The van der Waals surface area contributed by atoms with Crippen molar-refractivity contribution in [3.63, 3.8) is 0 Å². The van der Waals surface area contributed by atoms with Gasteiger partial charge in [-0.3, -0.25) is 4.79 Å². The lowest BCUT2D eigenvalue weighted by atomic mass is 10.0. The summed E-state index contributed by atoms with van der Waals surface area (Å²) in [7, 11) is 2.92. The van der Waals surface area contributed by atoms with Gasteiger partial charge in [0, 0.05) is 18.1 Å². The zero-order valence-corrected chi connectivity index (χ0v) is 27.8. The van der Waals surface area contributed by atoms with E-state index >= 15 is 0 Å². The average molecular weight is 648 g/mol. The van der Waals surface area contributed by atoms with Crippen molar-refractivity contribution < 1.29 is 39.1 Å². The minimum atomic E-state index is -0.661.